The molecule has 9 heteroatoms. The lowest BCUT2D eigenvalue weighted by Gasteiger charge is -2.23. The molecular weight excluding hydrogens is 408 g/mol. The van der Waals surface area contributed by atoms with Crippen LogP contribution in [0.2, 0.25) is 0 Å². The number of methoxy groups -OCH3 is 1. The summed E-state index contributed by atoms with van der Waals surface area (Å²) in [5, 5.41) is 10.9. The largest absolute Gasteiger partial charge is 0.497 e. The molecule has 1 aromatic carbocycles. The van der Waals surface area contributed by atoms with Gasteiger partial charge in [0, 0.05) is 25.8 Å². The Balaban J connectivity index is 1.59. The Kier molecular flexibility index (Phi) is 7.61. The highest BCUT2D eigenvalue weighted by Gasteiger charge is 2.27. The van der Waals surface area contributed by atoms with E-state index in [-0.39, 0.29) is 12.1 Å². The van der Waals surface area contributed by atoms with Gasteiger partial charge in [0.1, 0.15) is 11.4 Å². The molecule has 0 saturated carbocycles. The molecule has 3 rings (SSSR count). The summed E-state index contributed by atoms with van der Waals surface area (Å²) in [6, 6.07) is 9.74. The van der Waals surface area contributed by atoms with Gasteiger partial charge in [-0.05, 0) is 64.4 Å². The van der Waals surface area contributed by atoms with Gasteiger partial charge in [-0.25, -0.2) is 14.5 Å². The summed E-state index contributed by atoms with van der Waals surface area (Å²) in [7, 11) is 1.65. The third-order valence-corrected chi connectivity index (χ3v) is 4.92. The molecule has 0 radical (unpaired) electrons. The predicted octanol–water partition coefficient (Wildman–Crippen LogP) is 2.95. The maximum atomic E-state index is 12.1. The Hall–Kier alpha value is -3.23. The number of ether oxygens (including phenoxy) is 2. The van der Waals surface area contributed by atoms with Gasteiger partial charge >= 0.3 is 6.09 Å². The number of nitrogens with zero attached hydrogens (tertiary/aromatic N) is 4. The molecule has 32 heavy (non-hydrogen) atoms. The Morgan fingerprint density at radius 3 is 2.66 bits per heavy atom. The molecule has 2 heterocycles. The van der Waals surface area contributed by atoms with Crippen molar-refractivity contribution in [2.24, 2.45) is 4.99 Å². The topological polar surface area (TPSA) is 93.0 Å². The van der Waals surface area contributed by atoms with Crippen molar-refractivity contribution in [3.63, 3.8) is 0 Å². The minimum Gasteiger partial charge on any atom is -0.497 e. The molecule has 1 fully saturated rings. The van der Waals surface area contributed by atoms with Crippen LogP contribution in [0.3, 0.4) is 0 Å². The van der Waals surface area contributed by atoms with Crippen molar-refractivity contribution in [2.45, 2.75) is 52.3 Å². The minimum absolute atomic E-state index is 0.0305. The Labute approximate surface area is 189 Å². The molecule has 1 aliphatic rings. The number of rotatable bonds is 6. The number of benzene rings is 1. The second-order valence-corrected chi connectivity index (χ2v) is 8.70. The summed E-state index contributed by atoms with van der Waals surface area (Å²) in [5.74, 6) is 1.63. The molecule has 0 bridgehead atoms. The monoisotopic (exact) mass is 442 g/mol. The summed E-state index contributed by atoms with van der Waals surface area (Å²) in [6.45, 7) is 10.3. The van der Waals surface area contributed by atoms with Crippen LogP contribution < -0.4 is 15.4 Å². The number of amides is 1. The van der Waals surface area contributed by atoms with Crippen LogP contribution in [-0.4, -0.2) is 65.1 Å². The number of carbonyl (C=O) groups is 1. The van der Waals surface area contributed by atoms with Gasteiger partial charge in [0.2, 0.25) is 0 Å². The van der Waals surface area contributed by atoms with E-state index in [0.29, 0.717) is 13.1 Å². The van der Waals surface area contributed by atoms with E-state index in [1.807, 2.05) is 68.9 Å². The van der Waals surface area contributed by atoms with Gasteiger partial charge in [-0.2, -0.15) is 5.10 Å². The van der Waals surface area contributed by atoms with E-state index in [0.717, 1.165) is 42.6 Å². The maximum Gasteiger partial charge on any atom is 0.407 e. The molecular formula is C23H34N6O3. The third-order valence-electron chi connectivity index (χ3n) is 4.92. The molecule has 1 aliphatic heterocycles. The number of likely N-dealkylation sites (tertiary alicyclic amines) is 1. The second kappa shape index (κ2) is 10.4. The van der Waals surface area contributed by atoms with Gasteiger partial charge in [-0.3, -0.25) is 0 Å². The van der Waals surface area contributed by atoms with E-state index in [1.54, 1.807) is 7.11 Å². The molecule has 9 nitrogen and oxygen atoms in total. The van der Waals surface area contributed by atoms with Crippen LogP contribution >= 0.6 is 0 Å². The molecule has 1 aromatic heterocycles. The van der Waals surface area contributed by atoms with Crippen LogP contribution in [0, 0.1) is 0 Å². The predicted molar refractivity (Wildman–Crippen MR) is 124 cm³/mol. The summed E-state index contributed by atoms with van der Waals surface area (Å²) in [4.78, 5) is 19.0. The molecule has 2 N–H and O–H groups in total. The van der Waals surface area contributed by atoms with Crippen molar-refractivity contribution >= 4 is 12.1 Å². The average Bonchev–Trinajstić information content (AvgIpc) is 3.39. The van der Waals surface area contributed by atoms with Crippen molar-refractivity contribution in [3.8, 4) is 11.4 Å². The average molecular weight is 443 g/mol. The molecule has 1 atom stereocenters. The number of aliphatic imine (C=N–C) groups is 1. The number of carbonyl (C=O) groups excluding carboxylic acids is 1. The van der Waals surface area contributed by atoms with E-state index in [1.165, 1.54) is 0 Å². The number of nitrogens with one attached hydrogen (secondary N) is 2. The van der Waals surface area contributed by atoms with E-state index >= 15 is 0 Å². The highest BCUT2D eigenvalue weighted by molar-refractivity contribution is 5.80. The first-order valence-corrected chi connectivity index (χ1v) is 11.0. The molecule has 1 unspecified atom stereocenters. The molecule has 1 amide bonds. The quantitative estimate of drug-likeness (QED) is 0.528. The number of guanidine groups is 1. The smallest absolute Gasteiger partial charge is 0.407 e. The first-order valence-electron chi connectivity index (χ1n) is 11.0. The normalized spacial score (nSPS) is 16.7. The van der Waals surface area contributed by atoms with Gasteiger partial charge in [0.05, 0.1) is 31.1 Å². The van der Waals surface area contributed by atoms with Gasteiger partial charge in [-0.1, -0.05) is 0 Å². The number of aromatic nitrogens is 2. The van der Waals surface area contributed by atoms with Crippen molar-refractivity contribution in [1.82, 2.24) is 25.3 Å². The van der Waals surface area contributed by atoms with Gasteiger partial charge < -0.3 is 25.0 Å². The SMILES string of the molecule is CCNC(=NCc1ccn(-c2ccc(OC)cc2)n1)N1CCC(NC(=O)OC(C)(C)C)C1. The number of hydrogen-bond donors (Lipinski definition) is 2. The first-order chi connectivity index (χ1) is 15.3. The van der Waals surface area contributed by atoms with Crippen LogP contribution in [0.4, 0.5) is 4.79 Å². The van der Waals surface area contributed by atoms with Crippen molar-refractivity contribution < 1.29 is 14.3 Å². The zero-order valence-electron chi connectivity index (χ0n) is 19.6. The summed E-state index contributed by atoms with van der Waals surface area (Å²) in [5.41, 5.74) is 1.33. The zero-order chi connectivity index (χ0) is 23.1. The molecule has 2 aromatic rings. The third kappa shape index (κ3) is 6.63. The lowest BCUT2D eigenvalue weighted by atomic mass is 10.2. The van der Waals surface area contributed by atoms with Crippen molar-refractivity contribution in [2.75, 3.05) is 26.7 Å². The van der Waals surface area contributed by atoms with E-state index in [9.17, 15) is 4.79 Å². The van der Waals surface area contributed by atoms with Crippen LogP contribution in [0.15, 0.2) is 41.5 Å². The fraction of sp³-hybridized carbons (Fsp3) is 0.522. The minimum atomic E-state index is -0.506. The van der Waals surface area contributed by atoms with Gasteiger partial charge in [0.25, 0.3) is 0 Å². The Morgan fingerprint density at radius 1 is 1.25 bits per heavy atom. The van der Waals surface area contributed by atoms with E-state index in [4.69, 9.17) is 14.5 Å². The van der Waals surface area contributed by atoms with Crippen molar-refractivity contribution in [3.05, 3.63) is 42.2 Å². The zero-order valence-corrected chi connectivity index (χ0v) is 19.6. The van der Waals surface area contributed by atoms with Crippen LogP contribution in [0.5, 0.6) is 5.75 Å². The Morgan fingerprint density at radius 2 is 2.00 bits per heavy atom. The molecule has 174 valence electrons. The fourth-order valence-electron chi connectivity index (χ4n) is 3.45. The Bertz CT molecular complexity index is 917. The summed E-state index contributed by atoms with van der Waals surface area (Å²) in [6.07, 6.45) is 2.39. The highest BCUT2D eigenvalue weighted by atomic mass is 16.6. The lowest BCUT2D eigenvalue weighted by Crippen LogP contribution is -2.44. The van der Waals surface area contributed by atoms with E-state index in [2.05, 4.69) is 20.6 Å². The lowest BCUT2D eigenvalue weighted by molar-refractivity contribution is 0.0507. The van der Waals surface area contributed by atoms with Gasteiger partial charge in [-0.15, -0.1) is 0 Å². The highest BCUT2D eigenvalue weighted by Crippen LogP contribution is 2.15. The summed E-state index contributed by atoms with van der Waals surface area (Å²) >= 11 is 0. The number of hydrogen-bond acceptors (Lipinski definition) is 5. The summed E-state index contributed by atoms with van der Waals surface area (Å²) < 4.78 is 12.4. The van der Waals surface area contributed by atoms with Crippen molar-refractivity contribution in [1.29, 1.82) is 0 Å². The second-order valence-electron chi connectivity index (χ2n) is 8.70. The van der Waals surface area contributed by atoms with E-state index < -0.39 is 5.60 Å². The molecule has 0 aliphatic carbocycles. The van der Waals surface area contributed by atoms with Crippen LogP contribution in [-0.2, 0) is 11.3 Å². The fourth-order valence-corrected chi connectivity index (χ4v) is 3.45. The first kappa shape index (κ1) is 23.4. The van der Waals surface area contributed by atoms with Crippen LogP contribution in [0.1, 0.15) is 39.8 Å². The molecule has 1 saturated heterocycles. The number of alkyl carbamates (subject to hydrolysis) is 1. The maximum absolute atomic E-state index is 12.1. The molecule has 0 spiro atoms. The van der Waals surface area contributed by atoms with Crippen LogP contribution in [0.25, 0.3) is 5.69 Å². The standard InChI is InChI=1S/C23H34N6O3/c1-6-24-21(28-13-11-18(16-28)26-22(30)32-23(2,3)4)25-15-17-12-14-29(27-17)19-7-9-20(31-5)10-8-19/h7-10,12,14,18H,6,11,13,15-16H2,1-5H3,(H,24,25)(H,26,30). The van der Waals surface area contributed by atoms with Gasteiger partial charge in [0.15, 0.2) is 5.96 Å².